The fourth-order valence-electron chi connectivity index (χ4n) is 12.5. The Morgan fingerprint density at radius 2 is 0.438 bits per heavy atom. The Balaban J connectivity index is 1.30. The number of hydrogen-bond acceptors (Lipinski definition) is 0. The highest BCUT2D eigenvalue weighted by Crippen LogP contribution is 2.56. The molecule has 0 bridgehead atoms. The lowest BCUT2D eigenvalue weighted by molar-refractivity contribution is 0.667. The predicted octanol–water partition coefficient (Wildman–Crippen LogP) is 20.0. The molecule has 11 aromatic rings. The molecule has 0 aliphatic rings. The van der Waals surface area contributed by atoms with E-state index in [1.807, 2.05) is 0 Å². The lowest BCUT2D eigenvalue weighted by Gasteiger charge is -2.26. The van der Waals surface area contributed by atoms with Crippen LogP contribution in [0.3, 0.4) is 0 Å². The number of fused-ring (bicyclic) bond motifs is 12. The van der Waals surface area contributed by atoms with Crippen LogP contribution in [0.2, 0.25) is 0 Å². The number of aryl methyl sites for hydroxylation is 4. The van der Waals surface area contributed by atoms with Crippen molar-refractivity contribution in [1.29, 1.82) is 0 Å². The van der Waals surface area contributed by atoms with Crippen molar-refractivity contribution in [1.82, 2.24) is 0 Å². The zero-order valence-electron chi connectivity index (χ0n) is 39.4. The average molecular weight is 837 g/mol. The number of rotatable bonds is 20. The summed E-state index contributed by atoms with van der Waals surface area (Å²) in [7, 11) is 0. The van der Waals surface area contributed by atoms with Crippen molar-refractivity contribution >= 4 is 108 Å². The van der Waals surface area contributed by atoms with E-state index in [2.05, 4.69) is 125 Å². The minimum atomic E-state index is 1.15. The van der Waals surface area contributed by atoms with Gasteiger partial charge in [0.15, 0.2) is 0 Å². The van der Waals surface area contributed by atoms with Crippen LogP contribution in [0.4, 0.5) is 0 Å². The molecule has 11 rings (SSSR count). The van der Waals surface area contributed by atoms with E-state index in [0.29, 0.717) is 0 Å². The summed E-state index contributed by atoms with van der Waals surface area (Å²) < 4.78 is 0. The number of benzene rings is 11. The molecule has 0 N–H and O–H groups in total. The van der Waals surface area contributed by atoms with E-state index in [9.17, 15) is 0 Å². The van der Waals surface area contributed by atoms with Gasteiger partial charge in [0, 0.05) is 0 Å². The van der Waals surface area contributed by atoms with E-state index in [1.54, 1.807) is 0 Å². The van der Waals surface area contributed by atoms with Gasteiger partial charge in [-0.1, -0.05) is 202 Å². The van der Waals surface area contributed by atoms with Gasteiger partial charge in [-0.15, -0.1) is 0 Å². The van der Waals surface area contributed by atoms with Crippen LogP contribution < -0.4 is 0 Å². The van der Waals surface area contributed by atoms with Crippen molar-refractivity contribution in [3.05, 3.63) is 119 Å². The van der Waals surface area contributed by atoms with Gasteiger partial charge >= 0.3 is 0 Å². The Labute approximate surface area is 381 Å². The normalized spacial score (nSPS) is 12.7. The summed E-state index contributed by atoms with van der Waals surface area (Å²) in [5, 5.41) is 29.1. The van der Waals surface area contributed by atoms with Gasteiger partial charge in [-0.2, -0.15) is 0 Å². The highest BCUT2D eigenvalue weighted by Gasteiger charge is 2.28. The first-order valence-corrected chi connectivity index (χ1v) is 26.0. The first-order chi connectivity index (χ1) is 31.6. The maximum atomic E-state index is 2.62. The number of unbranched alkanes of at least 4 members (excludes halogenated alkanes) is 12. The standard InChI is InChI=1S/C64H68/c1-5-9-13-17-21-41-25-29-45-49-33-34-51-47-31-27-43(23-19-15-11-7-3)39-55(47)58-56-40-44(24-20-16-12-8-4)28-32-48(56)52-36-35-50-46-30-26-42(22-18-14-10-6-2)38-54(46)57(53(45)37-41)63-59(49)61(51)64(58)62(52)60(50)63/h25-40H,5-24H2,1-4H3. The molecule has 0 heteroatoms. The van der Waals surface area contributed by atoms with Gasteiger partial charge in [-0.3, -0.25) is 0 Å². The van der Waals surface area contributed by atoms with Crippen LogP contribution in [-0.2, 0) is 25.7 Å². The molecule has 0 aliphatic carbocycles. The Kier molecular flexibility index (Phi) is 11.4. The van der Waals surface area contributed by atoms with Crippen LogP contribution in [0.25, 0.3) is 108 Å². The van der Waals surface area contributed by atoms with Crippen LogP contribution in [-0.4, -0.2) is 0 Å². The molecule has 0 amide bonds. The molecular weight excluding hydrogens is 769 g/mol. The highest BCUT2D eigenvalue weighted by molar-refractivity contribution is 6.55. The van der Waals surface area contributed by atoms with Gasteiger partial charge in [-0.25, -0.2) is 0 Å². The lowest BCUT2D eigenvalue weighted by Crippen LogP contribution is -1.99. The van der Waals surface area contributed by atoms with E-state index < -0.39 is 0 Å². The third kappa shape index (κ3) is 6.84. The summed E-state index contributed by atoms with van der Waals surface area (Å²) in [6.45, 7) is 9.29. The third-order valence-electron chi connectivity index (χ3n) is 15.8. The fourth-order valence-corrected chi connectivity index (χ4v) is 12.5. The van der Waals surface area contributed by atoms with Crippen molar-refractivity contribution < 1.29 is 0 Å². The fraction of sp³-hybridized carbons (Fsp3) is 0.375. The van der Waals surface area contributed by atoms with Crippen LogP contribution in [0.5, 0.6) is 0 Å². The van der Waals surface area contributed by atoms with Gasteiger partial charge in [-0.05, 0) is 181 Å². The van der Waals surface area contributed by atoms with E-state index in [4.69, 9.17) is 0 Å². The Hall–Kier alpha value is -5.20. The summed E-state index contributed by atoms with van der Waals surface area (Å²) in [5.74, 6) is 0. The smallest absolute Gasteiger partial charge is 0.0000926 e. The van der Waals surface area contributed by atoms with Gasteiger partial charge in [0.05, 0.1) is 0 Å². The monoisotopic (exact) mass is 837 g/mol. The molecule has 0 saturated heterocycles. The Bertz CT molecular complexity index is 2980. The molecule has 0 heterocycles. The van der Waals surface area contributed by atoms with Crippen LogP contribution in [0.1, 0.15) is 153 Å². The SMILES string of the molecule is CCCCCCc1ccc2c(c1)c1c3cc(CCCCCC)ccc3c3ccc4c5ccc(CCCCCC)cc5c5c6cc(CCCCCC)ccc6c6ccc2c2c6c5c4c3c12. The van der Waals surface area contributed by atoms with E-state index in [1.165, 1.54) is 233 Å². The minimum Gasteiger partial charge on any atom is -0.0654 e. The summed E-state index contributed by atoms with van der Waals surface area (Å²) >= 11 is 0. The Morgan fingerprint density at radius 3 is 0.672 bits per heavy atom. The lowest BCUT2D eigenvalue weighted by atomic mass is 9.76. The molecule has 64 heavy (non-hydrogen) atoms. The van der Waals surface area contributed by atoms with E-state index in [0.717, 1.165) is 25.7 Å². The highest BCUT2D eigenvalue weighted by atomic mass is 14.3. The molecule has 0 aliphatic heterocycles. The second-order valence-corrected chi connectivity index (χ2v) is 20.1. The molecule has 0 saturated carbocycles. The van der Waals surface area contributed by atoms with Crippen LogP contribution in [0.15, 0.2) is 97.1 Å². The van der Waals surface area contributed by atoms with Crippen molar-refractivity contribution in [2.75, 3.05) is 0 Å². The van der Waals surface area contributed by atoms with Gasteiger partial charge < -0.3 is 0 Å². The topological polar surface area (TPSA) is 0 Å². The van der Waals surface area contributed by atoms with Gasteiger partial charge in [0.2, 0.25) is 0 Å². The molecular formula is C64H68. The first-order valence-electron chi connectivity index (χ1n) is 26.0. The maximum Gasteiger partial charge on any atom is -0.0000926 e. The maximum absolute atomic E-state index is 2.62. The molecule has 0 aromatic heterocycles. The zero-order chi connectivity index (χ0) is 43.3. The van der Waals surface area contributed by atoms with E-state index in [-0.39, 0.29) is 0 Å². The second-order valence-electron chi connectivity index (χ2n) is 20.1. The van der Waals surface area contributed by atoms with Crippen molar-refractivity contribution in [2.24, 2.45) is 0 Å². The quantitative estimate of drug-likeness (QED) is 0.0408. The number of hydrogen-bond donors (Lipinski definition) is 0. The summed E-state index contributed by atoms with van der Waals surface area (Å²) in [6.07, 6.45) is 25.2. The molecule has 11 aromatic carbocycles. The third-order valence-corrected chi connectivity index (χ3v) is 15.8. The van der Waals surface area contributed by atoms with Crippen molar-refractivity contribution in [3.63, 3.8) is 0 Å². The van der Waals surface area contributed by atoms with Crippen LogP contribution in [0, 0.1) is 0 Å². The molecule has 0 unspecified atom stereocenters. The van der Waals surface area contributed by atoms with Crippen LogP contribution >= 0.6 is 0 Å². The second kappa shape index (κ2) is 17.6. The summed E-state index contributed by atoms with van der Waals surface area (Å²) in [6, 6.07) is 40.5. The van der Waals surface area contributed by atoms with Crippen molar-refractivity contribution in [2.45, 2.75) is 156 Å². The first kappa shape index (κ1) is 41.5. The summed E-state index contributed by atoms with van der Waals surface area (Å²) in [4.78, 5) is 0. The predicted molar refractivity (Wildman–Crippen MR) is 286 cm³/mol. The molecule has 0 nitrogen and oxygen atoms in total. The summed E-state index contributed by atoms with van der Waals surface area (Å²) in [5.41, 5.74) is 5.94. The minimum absolute atomic E-state index is 1.15. The molecule has 0 fully saturated rings. The van der Waals surface area contributed by atoms with E-state index >= 15 is 0 Å². The zero-order valence-corrected chi connectivity index (χ0v) is 39.4. The molecule has 0 radical (unpaired) electrons. The van der Waals surface area contributed by atoms with Gasteiger partial charge in [0.1, 0.15) is 0 Å². The molecule has 324 valence electrons. The van der Waals surface area contributed by atoms with Crippen molar-refractivity contribution in [3.8, 4) is 0 Å². The average Bonchev–Trinajstić information content (AvgIpc) is 3.33. The Morgan fingerprint density at radius 1 is 0.203 bits per heavy atom. The largest absolute Gasteiger partial charge is 0.0654 e. The van der Waals surface area contributed by atoms with Gasteiger partial charge in [0.25, 0.3) is 0 Å². The molecule has 0 atom stereocenters. The molecule has 0 spiro atoms.